The van der Waals surface area contributed by atoms with E-state index >= 15 is 0 Å². The van der Waals surface area contributed by atoms with Gasteiger partial charge in [-0.1, -0.05) is 44.5 Å². The van der Waals surface area contributed by atoms with Gasteiger partial charge in [0.15, 0.2) is 0 Å². The quantitative estimate of drug-likeness (QED) is 0.574. The Hall–Kier alpha value is -2.07. The van der Waals surface area contributed by atoms with Crippen LogP contribution in [-0.4, -0.2) is 24.7 Å². The summed E-state index contributed by atoms with van der Waals surface area (Å²) in [7, 11) is 0. The van der Waals surface area contributed by atoms with Crippen LogP contribution in [0.5, 0.6) is 5.75 Å². The lowest BCUT2D eigenvalue weighted by molar-refractivity contribution is -0.146. The van der Waals surface area contributed by atoms with Crippen molar-refractivity contribution in [1.82, 2.24) is 0 Å². The lowest BCUT2D eigenvalue weighted by atomic mass is 9.78. The van der Waals surface area contributed by atoms with Crippen molar-refractivity contribution in [2.75, 3.05) is 18.5 Å². The van der Waals surface area contributed by atoms with E-state index in [0.717, 1.165) is 60.7 Å². The predicted octanol–water partition coefficient (Wildman–Crippen LogP) is 5.94. The summed E-state index contributed by atoms with van der Waals surface area (Å²) in [5.74, 6) is 1.50. The lowest BCUT2D eigenvalue weighted by Crippen LogP contribution is -2.48. The summed E-state index contributed by atoms with van der Waals surface area (Å²) in [6, 6.07) is 12.0. The Kier molecular flexibility index (Phi) is 6.95. The molecule has 0 bridgehead atoms. The summed E-state index contributed by atoms with van der Waals surface area (Å²) in [4.78, 5) is 13.3. The normalized spacial score (nSPS) is 22.2. The molecule has 3 rings (SSSR count). The van der Waals surface area contributed by atoms with Crippen LogP contribution in [0.3, 0.4) is 0 Å². The van der Waals surface area contributed by atoms with E-state index in [2.05, 4.69) is 19.2 Å². The summed E-state index contributed by atoms with van der Waals surface area (Å²) in [5.41, 5.74) is 0.111. The molecule has 28 heavy (non-hydrogen) atoms. The van der Waals surface area contributed by atoms with Crippen molar-refractivity contribution in [2.45, 2.75) is 64.9 Å². The highest BCUT2D eigenvalue weighted by Gasteiger charge is 2.42. The Morgan fingerprint density at radius 1 is 1.11 bits per heavy atom. The smallest absolute Gasteiger partial charge is 0.256 e. The molecule has 0 aliphatic heterocycles. The molecule has 1 amide bonds. The van der Waals surface area contributed by atoms with Crippen LogP contribution in [0.4, 0.5) is 5.69 Å². The topological polar surface area (TPSA) is 47.6 Å². The first kappa shape index (κ1) is 20.7. The van der Waals surface area contributed by atoms with Crippen LogP contribution < -0.4 is 10.1 Å². The zero-order chi connectivity index (χ0) is 20.0. The number of benzene rings is 2. The second-order valence-electron chi connectivity index (χ2n) is 7.92. The van der Waals surface area contributed by atoms with Gasteiger partial charge < -0.3 is 14.8 Å². The first-order valence-corrected chi connectivity index (χ1v) is 10.7. The van der Waals surface area contributed by atoms with Gasteiger partial charge in [-0.05, 0) is 57.1 Å². The Bertz CT molecular complexity index is 794. The van der Waals surface area contributed by atoms with Crippen molar-refractivity contribution in [3.63, 3.8) is 0 Å². The van der Waals surface area contributed by atoms with E-state index in [1.54, 1.807) is 0 Å². The highest BCUT2D eigenvalue weighted by molar-refractivity contribution is 6.06. The second kappa shape index (κ2) is 9.42. The van der Waals surface area contributed by atoms with Gasteiger partial charge in [0.25, 0.3) is 5.91 Å². The number of hydrogen-bond acceptors (Lipinski definition) is 3. The van der Waals surface area contributed by atoms with Crippen LogP contribution in [0.2, 0.25) is 0 Å². The highest BCUT2D eigenvalue weighted by atomic mass is 16.5. The summed E-state index contributed by atoms with van der Waals surface area (Å²) in [6.45, 7) is 7.62. The number of carbonyl (C=O) groups excluding carboxylic acids is 1. The zero-order valence-electron chi connectivity index (χ0n) is 17.4. The van der Waals surface area contributed by atoms with Crippen molar-refractivity contribution in [3.8, 4) is 5.75 Å². The molecule has 0 spiro atoms. The van der Waals surface area contributed by atoms with Crippen molar-refractivity contribution in [1.29, 1.82) is 0 Å². The molecule has 0 radical (unpaired) electrons. The minimum absolute atomic E-state index is 0.0222. The van der Waals surface area contributed by atoms with Crippen molar-refractivity contribution in [3.05, 3.63) is 36.4 Å². The Balaban J connectivity index is 1.85. The van der Waals surface area contributed by atoms with Gasteiger partial charge in [0.05, 0.1) is 6.61 Å². The second-order valence-corrected chi connectivity index (χ2v) is 7.92. The van der Waals surface area contributed by atoms with Crippen molar-refractivity contribution >= 4 is 22.4 Å². The molecule has 1 aliphatic carbocycles. The molecular formula is C24H33NO3. The predicted molar refractivity (Wildman–Crippen MR) is 115 cm³/mol. The van der Waals surface area contributed by atoms with Gasteiger partial charge >= 0.3 is 0 Å². The van der Waals surface area contributed by atoms with Crippen LogP contribution in [-0.2, 0) is 9.53 Å². The third kappa shape index (κ3) is 4.49. The summed E-state index contributed by atoms with van der Waals surface area (Å²) in [5, 5.41) is 5.20. The number of nitrogens with one attached hydrogen (secondary N) is 1. The van der Waals surface area contributed by atoms with Crippen LogP contribution in [0, 0.1) is 5.92 Å². The van der Waals surface area contributed by atoms with Crippen LogP contribution in [0.15, 0.2) is 36.4 Å². The molecule has 1 fully saturated rings. The maximum atomic E-state index is 13.3. The van der Waals surface area contributed by atoms with E-state index in [-0.39, 0.29) is 5.91 Å². The Morgan fingerprint density at radius 2 is 1.82 bits per heavy atom. The molecule has 0 unspecified atom stereocenters. The maximum absolute atomic E-state index is 13.3. The molecule has 2 aromatic rings. The maximum Gasteiger partial charge on any atom is 0.256 e. The Morgan fingerprint density at radius 3 is 2.50 bits per heavy atom. The molecule has 0 heterocycles. The molecule has 1 N–H and O–H groups in total. The minimum atomic E-state index is -0.710. The fraction of sp³-hybridized carbons (Fsp3) is 0.542. The van der Waals surface area contributed by atoms with E-state index < -0.39 is 5.60 Å². The van der Waals surface area contributed by atoms with Gasteiger partial charge in [-0.25, -0.2) is 0 Å². The highest BCUT2D eigenvalue weighted by Crippen LogP contribution is 2.37. The molecule has 0 saturated heterocycles. The first-order valence-electron chi connectivity index (χ1n) is 10.7. The number of amides is 1. The minimum Gasteiger partial charge on any atom is -0.493 e. The number of carbonyl (C=O) groups is 1. The largest absolute Gasteiger partial charge is 0.493 e. The van der Waals surface area contributed by atoms with Crippen molar-refractivity contribution in [2.24, 2.45) is 5.92 Å². The fourth-order valence-electron chi connectivity index (χ4n) is 4.01. The standard InChI is InChI=1S/C24H33NO3/c1-4-6-17-27-22-12-11-21(19-9-7-8-10-20(19)22)25-23(26)24(28-5-2)15-13-18(3)14-16-24/h7-12,18H,4-6,13-17H2,1-3H3,(H,25,26). The monoisotopic (exact) mass is 383 g/mol. The van der Waals surface area contributed by atoms with E-state index in [0.29, 0.717) is 19.1 Å². The van der Waals surface area contributed by atoms with Gasteiger partial charge in [-0.3, -0.25) is 4.79 Å². The Labute approximate surface area is 168 Å². The van der Waals surface area contributed by atoms with E-state index in [1.807, 2.05) is 43.3 Å². The SMILES string of the molecule is CCCCOc1ccc(NC(=O)C2(OCC)CCC(C)CC2)c2ccccc12. The number of unbranched alkanes of at least 4 members (excludes halogenated alkanes) is 1. The number of anilines is 1. The third-order valence-electron chi connectivity index (χ3n) is 5.80. The molecule has 0 atom stereocenters. The van der Waals surface area contributed by atoms with Crippen LogP contribution in [0.1, 0.15) is 59.3 Å². The van der Waals surface area contributed by atoms with E-state index in [4.69, 9.17) is 9.47 Å². The average Bonchev–Trinajstić information content (AvgIpc) is 2.71. The van der Waals surface area contributed by atoms with Crippen molar-refractivity contribution < 1.29 is 14.3 Å². The fourth-order valence-corrected chi connectivity index (χ4v) is 4.01. The van der Waals surface area contributed by atoms with Gasteiger partial charge in [0.2, 0.25) is 0 Å². The number of fused-ring (bicyclic) bond motifs is 1. The number of rotatable bonds is 8. The molecule has 1 aliphatic rings. The molecule has 1 saturated carbocycles. The lowest BCUT2D eigenvalue weighted by Gasteiger charge is -2.37. The van der Waals surface area contributed by atoms with Crippen LogP contribution >= 0.6 is 0 Å². The van der Waals surface area contributed by atoms with Gasteiger partial charge in [0.1, 0.15) is 11.4 Å². The third-order valence-corrected chi connectivity index (χ3v) is 5.80. The summed E-state index contributed by atoms with van der Waals surface area (Å²) in [6.07, 6.45) is 5.75. The summed E-state index contributed by atoms with van der Waals surface area (Å²) >= 11 is 0. The molecule has 4 heteroatoms. The molecule has 0 aromatic heterocycles. The van der Waals surface area contributed by atoms with E-state index in [9.17, 15) is 4.79 Å². The van der Waals surface area contributed by atoms with E-state index in [1.165, 1.54) is 0 Å². The van der Waals surface area contributed by atoms with Gasteiger partial charge in [-0.2, -0.15) is 0 Å². The molecule has 4 nitrogen and oxygen atoms in total. The number of ether oxygens (including phenoxy) is 2. The van der Waals surface area contributed by atoms with Crippen LogP contribution in [0.25, 0.3) is 10.8 Å². The molecule has 152 valence electrons. The average molecular weight is 384 g/mol. The first-order chi connectivity index (χ1) is 13.6. The molecular weight excluding hydrogens is 350 g/mol. The van der Waals surface area contributed by atoms with Gasteiger partial charge in [0, 0.05) is 23.1 Å². The zero-order valence-corrected chi connectivity index (χ0v) is 17.4. The number of hydrogen-bond donors (Lipinski definition) is 1. The summed E-state index contributed by atoms with van der Waals surface area (Å²) < 4.78 is 12.0. The van der Waals surface area contributed by atoms with Gasteiger partial charge in [-0.15, -0.1) is 0 Å². The molecule has 2 aromatic carbocycles.